The number of hydrogen-bond acceptors (Lipinski definition) is 4. The smallest absolute Gasteiger partial charge is 0.224 e. The molecule has 0 aromatic heterocycles. The average molecular weight is 383 g/mol. The van der Waals surface area contributed by atoms with Crippen LogP contribution in [0.2, 0.25) is 0 Å². The van der Waals surface area contributed by atoms with E-state index in [9.17, 15) is 4.79 Å². The molecule has 0 bridgehead atoms. The van der Waals surface area contributed by atoms with Crippen molar-refractivity contribution in [3.05, 3.63) is 65.7 Å². The lowest BCUT2D eigenvalue weighted by molar-refractivity contribution is -0.133. The maximum absolute atomic E-state index is 12.8. The van der Waals surface area contributed by atoms with E-state index in [0.717, 1.165) is 37.4 Å². The summed E-state index contributed by atoms with van der Waals surface area (Å²) in [5, 5.41) is 9.04. The van der Waals surface area contributed by atoms with Gasteiger partial charge >= 0.3 is 0 Å². The largest absolute Gasteiger partial charge is 0.491 e. The Morgan fingerprint density at radius 1 is 1.07 bits per heavy atom. The molecule has 3 rings (SSSR count). The highest BCUT2D eigenvalue weighted by Crippen LogP contribution is 2.23. The first-order chi connectivity index (χ1) is 13.7. The van der Waals surface area contributed by atoms with E-state index >= 15 is 0 Å². The molecule has 5 nitrogen and oxygen atoms in total. The van der Waals surface area contributed by atoms with Gasteiger partial charge in [0.1, 0.15) is 12.4 Å². The molecule has 150 valence electrons. The van der Waals surface area contributed by atoms with Crippen molar-refractivity contribution < 1.29 is 14.6 Å². The van der Waals surface area contributed by atoms with Crippen molar-refractivity contribution in [2.75, 3.05) is 26.3 Å². The maximum atomic E-state index is 12.8. The molecule has 1 saturated heterocycles. The maximum Gasteiger partial charge on any atom is 0.224 e. The Bertz CT molecular complexity index is 751. The highest BCUT2D eigenvalue weighted by molar-refractivity contribution is 5.77. The summed E-state index contributed by atoms with van der Waals surface area (Å²) < 4.78 is 5.68. The van der Waals surface area contributed by atoms with Gasteiger partial charge in [-0.15, -0.1) is 0 Å². The van der Waals surface area contributed by atoms with Crippen molar-refractivity contribution in [2.45, 2.75) is 38.9 Å². The summed E-state index contributed by atoms with van der Waals surface area (Å²) in [6.45, 7) is 5.44. The molecule has 2 aromatic carbocycles. The monoisotopic (exact) mass is 382 g/mol. The predicted molar refractivity (Wildman–Crippen MR) is 110 cm³/mol. The number of carbonyl (C=O) groups is 1. The van der Waals surface area contributed by atoms with Crippen LogP contribution in [0, 0.1) is 0 Å². The first-order valence-electron chi connectivity index (χ1n) is 10.1. The molecule has 0 radical (unpaired) electrons. The molecule has 0 spiro atoms. The van der Waals surface area contributed by atoms with Gasteiger partial charge in [-0.25, -0.2) is 0 Å². The zero-order valence-electron chi connectivity index (χ0n) is 16.6. The van der Waals surface area contributed by atoms with E-state index in [1.54, 1.807) is 0 Å². The molecule has 1 atom stereocenters. The second-order valence-electron chi connectivity index (χ2n) is 7.23. The van der Waals surface area contributed by atoms with Gasteiger partial charge in [-0.1, -0.05) is 55.5 Å². The molecule has 28 heavy (non-hydrogen) atoms. The van der Waals surface area contributed by atoms with Gasteiger partial charge in [-0.2, -0.15) is 0 Å². The predicted octanol–water partition coefficient (Wildman–Crippen LogP) is 3.07. The fourth-order valence-corrected chi connectivity index (χ4v) is 3.75. The molecule has 2 aromatic rings. The Morgan fingerprint density at radius 3 is 2.57 bits per heavy atom. The van der Waals surface area contributed by atoms with Crippen LogP contribution in [-0.4, -0.2) is 53.2 Å². The van der Waals surface area contributed by atoms with Crippen molar-refractivity contribution in [1.82, 2.24) is 9.80 Å². The van der Waals surface area contributed by atoms with Gasteiger partial charge in [-0.3, -0.25) is 9.69 Å². The lowest BCUT2D eigenvalue weighted by Crippen LogP contribution is -2.42. The number of hydrogen-bond donors (Lipinski definition) is 1. The summed E-state index contributed by atoms with van der Waals surface area (Å²) in [6.07, 6.45) is 1.46. The number of benzene rings is 2. The zero-order chi connectivity index (χ0) is 19.8. The number of amides is 1. The van der Waals surface area contributed by atoms with E-state index in [4.69, 9.17) is 9.84 Å². The fourth-order valence-electron chi connectivity index (χ4n) is 3.75. The molecule has 1 N–H and O–H groups in total. The molecule has 0 unspecified atom stereocenters. The minimum atomic E-state index is -0.00109. The third-order valence-corrected chi connectivity index (χ3v) is 5.25. The number of aliphatic hydroxyl groups excluding tert-OH is 1. The summed E-state index contributed by atoms with van der Waals surface area (Å²) in [5.74, 6) is 1.03. The normalized spacial score (nSPS) is 18.1. The number of aliphatic hydroxyl groups is 1. The summed E-state index contributed by atoms with van der Waals surface area (Å²) >= 11 is 0. The zero-order valence-corrected chi connectivity index (χ0v) is 16.6. The second-order valence-corrected chi connectivity index (χ2v) is 7.23. The van der Waals surface area contributed by atoms with Crippen LogP contribution in [-0.2, 0) is 17.9 Å². The Kier molecular flexibility index (Phi) is 7.46. The van der Waals surface area contributed by atoms with Crippen molar-refractivity contribution in [3.8, 4) is 5.75 Å². The molecule has 0 saturated carbocycles. The number of carbonyl (C=O) groups excluding carboxylic acids is 1. The third-order valence-electron chi connectivity index (χ3n) is 5.25. The number of ether oxygens (including phenoxy) is 1. The van der Waals surface area contributed by atoms with Gasteiger partial charge in [-0.05, 0) is 18.1 Å². The number of para-hydroxylation sites is 1. The lowest BCUT2D eigenvalue weighted by Gasteiger charge is -2.31. The van der Waals surface area contributed by atoms with E-state index in [1.807, 2.05) is 41.3 Å². The Labute approximate surface area is 167 Å². The minimum Gasteiger partial charge on any atom is -0.491 e. The summed E-state index contributed by atoms with van der Waals surface area (Å²) in [6, 6.07) is 18.3. The van der Waals surface area contributed by atoms with E-state index in [1.165, 1.54) is 5.56 Å². The Hall–Kier alpha value is -2.37. The second kappa shape index (κ2) is 10.2. The van der Waals surface area contributed by atoms with Gasteiger partial charge in [0, 0.05) is 44.2 Å². The molecule has 1 amide bonds. The fraction of sp³-hybridized carbons (Fsp3) is 0.435. The lowest BCUT2D eigenvalue weighted by atomic mass is 10.1. The van der Waals surface area contributed by atoms with Crippen molar-refractivity contribution in [3.63, 3.8) is 0 Å². The van der Waals surface area contributed by atoms with Gasteiger partial charge in [0.15, 0.2) is 0 Å². The number of rotatable bonds is 8. The highest BCUT2D eigenvalue weighted by atomic mass is 16.5. The molecular weight excluding hydrogens is 352 g/mol. The first kappa shape index (κ1) is 20.4. The quantitative estimate of drug-likeness (QED) is 0.762. The SMILES string of the molecule is CC[C@@H]1CN(Cc2ccccc2OCCO)CCC(=O)N1Cc1ccccc1. The van der Waals surface area contributed by atoms with Crippen molar-refractivity contribution in [2.24, 2.45) is 0 Å². The van der Waals surface area contributed by atoms with E-state index in [-0.39, 0.29) is 25.2 Å². The van der Waals surface area contributed by atoms with Crippen molar-refractivity contribution in [1.29, 1.82) is 0 Å². The molecule has 1 fully saturated rings. The van der Waals surface area contributed by atoms with Crippen molar-refractivity contribution >= 4 is 5.91 Å². The van der Waals surface area contributed by atoms with E-state index in [2.05, 4.69) is 30.0 Å². The van der Waals surface area contributed by atoms with Crippen LogP contribution in [0.4, 0.5) is 0 Å². The van der Waals surface area contributed by atoms with Gasteiger partial charge in [0.05, 0.1) is 6.61 Å². The summed E-state index contributed by atoms with van der Waals surface area (Å²) in [7, 11) is 0. The molecule has 0 aliphatic carbocycles. The number of nitrogens with zero attached hydrogens (tertiary/aromatic N) is 2. The van der Waals surface area contributed by atoms with Crippen LogP contribution in [0.1, 0.15) is 30.9 Å². The first-order valence-corrected chi connectivity index (χ1v) is 10.1. The van der Waals surface area contributed by atoms with Gasteiger partial charge in [0.2, 0.25) is 5.91 Å². The minimum absolute atomic E-state index is 0.00109. The van der Waals surface area contributed by atoms with Gasteiger partial charge < -0.3 is 14.7 Å². The average Bonchev–Trinajstić information content (AvgIpc) is 2.87. The van der Waals surface area contributed by atoms with Crippen LogP contribution >= 0.6 is 0 Å². The third kappa shape index (κ3) is 5.33. The molecule has 1 heterocycles. The van der Waals surface area contributed by atoms with Crippen LogP contribution < -0.4 is 4.74 Å². The summed E-state index contributed by atoms with van der Waals surface area (Å²) in [4.78, 5) is 17.2. The molecule has 1 aliphatic heterocycles. The van der Waals surface area contributed by atoms with Crippen LogP contribution in [0.25, 0.3) is 0 Å². The molecule has 1 aliphatic rings. The topological polar surface area (TPSA) is 53.0 Å². The Morgan fingerprint density at radius 2 is 1.82 bits per heavy atom. The molecular formula is C23H30N2O3. The van der Waals surface area contributed by atoms with Crippen LogP contribution in [0.5, 0.6) is 5.75 Å². The van der Waals surface area contributed by atoms with E-state index in [0.29, 0.717) is 13.0 Å². The van der Waals surface area contributed by atoms with Crippen LogP contribution in [0.3, 0.4) is 0 Å². The standard InChI is InChI=1S/C23H30N2O3/c1-2-21-18-24(17-20-10-6-7-11-22(20)28-15-14-26)13-12-23(27)25(21)16-19-8-4-3-5-9-19/h3-11,21,26H,2,12-18H2,1H3/t21-/m1/s1. The molecule has 5 heteroatoms. The van der Waals surface area contributed by atoms with E-state index < -0.39 is 0 Å². The summed E-state index contributed by atoms with van der Waals surface area (Å²) in [5.41, 5.74) is 2.26. The van der Waals surface area contributed by atoms with Crippen LogP contribution in [0.15, 0.2) is 54.6 Å². The highest BCUT2D eigenvalue weighted by Gasteiger charge is 2.28. The Balaban J connectivity index is 1.71. The van der Waals surface area contributed by atoms with Gasteiger partial charge in [0.25, 0.3) is 0 Å².